The highest BCUT2D eigenvalue weighted by molar-refractivity contribution is 8.13. The van der Waals surface area contributed by atoms with Gasteiger partial charge in [0.25, 0.3) is 0 Å². The molecule has 0 bridgehead atoms. The third-order valence-corrected chi connectivity index (χ3v) is 3.68. The molecule has 0 fully saturated rings. The molecule has 1 amide bonds. The third kappa shape index (κ3) is 7.50. The molecule has 5 heteroatoms. The van der Waals surface area contributed by atoms with E-state index in [1.54, 1.807) is 20.8 Å². The average molecular weight is 323 g/mol. The molecule has 1 N–H and O–H groups in total. The fraction of sp³-hybridized carbons (Fsp3) is 0.529. The lowest BCUT2D eigenvalue weighted by atomic mass is 10.1. The summed E-state index contributed by atoms with van der Waals surface area (Å²) in [5, 5.41) is 2.67. The first-order chi connectivity index (χ1) is 10.3. The predicted molar refractivity (Wildman–Crippen MR) is 91.1 cm³/mol. The lowest BCUT2D eigenvalue weighted by Gasteiger charge is -2.23. The number of carbonyl (C=O) groups excluding carboxylic acids is 2. The van der Waals surface area contributed by atoms with Crippen molar-refractivity contribution in [1.29, 1.82) is 0 Å². The second kappa shape index (κ2) is 8.83. The van der Waals surface area contributed by atoms with Crippen molar-refractivity contribution < 1.29 is 14.3 Å². The SMILES string of the molecule is CCSC(=O)[C@@H](CCc1ccccc1)NC(=O)OC(C)(C)C. The molecule has 0 heterocycles. The van der Waals surface area contributed by atoms with E-state index in [1.807, 2.05) is 37.3 Å². The number of alkyl carbamates (subject to hydrolysis) is 1. The molecule has 0 aliphatic heterocycles. The lowest BCUT2D eigenvalue weighted by Crippen LogP contribution is -2.43. The van der Waals surface area contributed by atoms with Crippen molar-refractivity contribution in [3.63, 3.8) is 0 Å². The number of rotatable bonds is 6. The van der Waals surface area contributed by atoms with Crippen molar-refractivity contribution >= 4 is 23.0 Å². The maximum Gasteiger partial charge on any atom is 0.408 e. The number of thioether (sulfide) groups is 1. The van der Waals surface area contributed by atoms with Crippen LogP contribution < -0.4 is 5.32 Å². The van der Waals surface area contributed by atoms with Gasteiger partial charge in [-0.1, -0.05) is 49.0 Å². The molecule has 0 aliphatic rings. The molecule has 0 spiro atoms. The number of carbonyl (C=O) groups is 2. The largest absolute Gasteiger partial charge is 0.444 e. The van der Waals surface area contributed by atoms with Gasteiger partial charge in [-0.05, 0) is 44.9 Å². The van der Waals surface area contributed by atoms with Crippen LogP contribution in [0.1, 0.15) is 39.7 Å². The van der Waals surface area contributed by atoms with Crippen molar-refractivity contribution in [2.75, 3.05) is 5.75 Å². The van der Waals surface area contributed by atoms with Crippen LogP contribution in [-0.4, -0.2) is 28.6 Å². The second-order valence-corrected chi connectivity index (χ2v) is 7.24. The van der Waals surface area contributed by atoms with Crippen molar-refractivity contribution in [2.24, 2.45) is 0 Å². The molecular weight excluding hydrogens is 298 g/mol. The Labute approximate surface area is 137 Å². The second-order valence-electron chi connectivity index (χ2n) is 5.98. The van der Waals surface area contributed by atoms with Crippen LogP contribution in [0.2, 0.25) is 0 Å². The number of hydrogen-bond donors (Lipinski definition) is 1. The highest BCUT2D eigenvalue weighted by atomic mass is 32.2. The molecule has 0 saturated carbocycles. The maximum atomic E-state index is 12.2. The Bertz CT molecular complexity index is 482. The van der Waals surface area contributed by atoms with Crippen LogP contribution >= 0.6 is 11.8 Å². The zero-order valence-electron chi connectivity index (χ0n) is 13.7. The molecule has 1 rings (SSSR count). The van der Waals surface area contributed by atoms with Crippen molar-refractivity contribution in [3.8, 4) is 0 Å². The van der Waals surface area contributed by atoms with Gasteiger partial charge in [0.1, 0.15) is 11.6 Å². The highest BCUT2D eigenvalue weighted by Gasteiger charge is 2.24. The fourth-order valence-electron chi connectivity index (χ4n) is 1.90. The molecule has 0 unspecified atom stereocenters. The Balaban J connectivity index is 2.63. The van der Waals surface area contributed by atoms with E-state index in [4.69, 9.17) is 4.74 Å². The highest BCUT2D eigenvalue weighted by Crippen LogP contribution is 2.13. The predicted octanol–water partition coefficient (Wildman–Crippen LogP) is 3.79. The Hall–Kier alpha value is -1.49. The van der Waals surface area contributed by atoms with Crippen LogP contribution in [0.25, 0.3) is 0 Å². The first kappa shape index (κ1) is 18.6. The van der Waals surface area contributed by atoms with Crippen LogP contribution in [0.3, 0.4) is 0 Å². The normalized spacial score (nSPS) is 12.5. The zero-order valence-corrected chi connectivity index (χ0v) is 14.5. The molecule has 122 valence electrons. The van der Waals surface area contributed by atoms with Gasteiger partial charge in [0.05, 0.1) is 0 Å². The number of amides is 1. The van der Waals surface area contributed by atoms with Gasteiger partial charge in [-0.25, -0.2) is 4.79 Å². The summed E-state index contributed by atoms with van der Waals surface area (Å²) in [5.74, 6) is 0.691. The number of ether oxygens (including phenoxy) is 1. The summed E-state index contributed by atoms with van der Waals surface area (Å²) in [7, 11) is 0. The monoisotopic (exact) mass is 323 g/mol. The van der Waals surface area contributed by atoms with E-state index in [1.165, 1.54) is 11.8 Å². The summed E-state index contributed by atoms with van der Waals surface area (Å²) in [4.78, 5) is 24.1. The summed E-state index contributed by atoms with van der Waals surface area (Å²) in [5.41, 5.74) is 0.572. The maximum absolute atomic E-state index is 12.2. The Kier molecular flexibility index (Phi) is 7.45. The van der Waals surface area contributed by atoms with Gasteiger partial charge in [-0.3, -0.25) is 4.79 Å². The van der Waals surface area contributed by atoms with Crippen molar-refractivity contribution in [2.45, 2.75) is 52.2 Å². The van der Waals surface area contributed by atoms with Gasteiger partial charge < -0.3 is 10.1 Å². The Morgan fingerprint density at radius 2 is 1.86 bits per heavy atom. The standard InChI is InChI=1S/C17H25NO3S/c1-5-22-15(19)14(18-16(20)21-17(2,3)4)12-11-13-9-7-6-8-10-13/h6-10,14H,5,11-12H2,1-4H3,(H,18,20)/t14-/m1/s1. The average Bonchev–Trinajstić information content (AvgIpc) is 2.42. The van der Waals surface area contributed by atoms with E-state index in [-0.39, 0.29) is 5.12 Å². The molecular formula is C17H25NO3S. The molecule has 1 atom stereocenters. The van der Waals surface area contributed by atoms with Crippen LogP contribution in [0.4, 0.5) is 4.79 Å². The smallest absolute Gasteiger partial charge is 0.408 e. The van der Waals surface area contributed by atoms with E-state index in [2.05, 4.69) is 5.32 Å². The molecule has 22 heavy (non-hydrogen) atoms. The van der Waals surface area contributed by atoms with E-state index in [0.29, 0.717) is 12.2 Å². The van der Waals surface area contributed by atoms with Crippen molar-refractivity contribution in [1.82, 2.24) is 5.32 Å². The molecule has 4 nitrogen and oxygen atoms in total. The minimum Gasteiger partial charge on any atom is -0.444 e. The molecule has 0 aromatic heterocycles. The van der Waals surface area contributed by atoms with Crippen molar-refractivity contribution in [3.05, 3.63) is 35.9 Å². The molecule has 1 aromatic rings. The zero-order chi connectivity index (χ0) is 16.6. The first-order valence-electron chi connectivity index (χ1n) is 7.52. The number of aryl methyl sites for hydroxylation is 1. The van der Waals surface area contributed by atoms with E-state index >= 15 is 0 Å². The Morgan fingerprint density at radius 3 is 2.41 bits per heavy atom. The molecule has 0 aliphatic carbocycles. The molecule has 0 radical (unpaired) electrons. The van der Waals surface area contributed by atoms with E-state index in [0.717, 1.165) is 12.0 Å². The fourth-order valence-corrected chi connectivity index (χ4v) is 2.56. The van der Waals surface area contributed by atoms with Gasteiger partial charge in [0.2, 0.25) is 5.12 Å². The van der Waals surface area contributed by atoms with Crippen LogP contribution in [-0.2, 0) is 16.0 Å². The minimum atomic E-state index is -0.574. The summed E-state index contributed by atoms with van der Waals surface area (Å²) >= 11 is 1.23. The van der Waals surface area contributed by atoms with E-state index < -0.39 is 17.7 Å². The molecule has 0 saturated heterocycles. The quantitative estimate of drug-likeness (QED) is 0.865. The Morgan fingerprint density at radius 1 is 1.23 bits per heavy atom. The number of hydrogen-bond acceptors (Lipinski definition) is 4. The van der Waals surface area contributed by atoms with Gasteiger partial charge in [0.15, 0.2) is 0 Å². The first-order valence-corrected chi connectivity index (χ1v) is 8.50. The summed E-state index contributed by atoms with van der Waals surface area (Å²) in [6.07, 6.45) is 0.752. The van der Waals surface area contributed by atoms with E-state index in [9.17, 15) is 9.59 Å². The molecule has 1 aromatic carbocycles. The lowest BCUT2D eigenvalue weighted by molar-refractivity contribution is -0.113. The van der Waals surface area contributed by atoms with Crippen LogP contribution in [0.5, 0.6) is 0 Å². The number of benzene rings is 1. The van der Waals surface area contributed by atoms with Gasteiger partial charge in [0, 0.05) is 0 Å². The minimum absolute atomic E-state index is 0.0238. The number of nitrogens with one attached hydrogen (secondary N) is 1. The van der Waals surface area contributed by atoms with Crippen LogP contribution in [0.15, 0.2) is 30.3 Å². The summed E-state index contributed by atoms with van der Waals surface area (Å²) in [6, 6.07) is 9.39. The topological polar surface area (TPSA) is 55.4 Å². The third-order valence-electron chi connectivity index (χ3n) is 2.83. The van der Waals surface area contributed by atoms with Gasteiger partial charge >= 0.3 is 6.09 Å². The van der Waals surface area contributed by atoms with Crippen LogP contribution in [0, 0.1) is 0 Å². The van der Waals surface area contributed by atoms with Gasteiger partial charge in [-0.2, -0.15) is 0 Å². The summed E-state index contributed by atoms with van der Waals surface area (Å²) < 4.78 is 5.24. The van der Waals surface area contributed by atoms with Gasteiger partial charge in [-0.15, -0.1) is 0 Å². The summed E-state index contributed by atoms with van der Waals surface area (Å²) in [6.45, 7) is 7.32.